The fourth-order valence-electron chi connectivity index (χ4n) is 2.24. The molecule has 0 saturated carbocycles. The van der Waals surface area contributed by atoms with Gasteiger partial charge in [0, 0.05) is 24.8 Å². The highest BCUT2D eigenvalue weighted by molar-refractivity contribution is 5.70. The first-order valence-corrected chi connectivity index (χ1v) is 5.93. The lowest BCUT2D eigenvalue weighted by atomic mass is 9.97. The van der Waals surface area contributed by atoms with E-state index in [0.29, 0.717) is 25.9 Å². The minimum atomic E-state index is -0.740. The molecular formula is C13H16FNO3. The Morgan fingerprint density at radius 1 is 1.44 bits per heavy atom. The van der Waals surface area contributed by atoms with Crippen LogP contribution in [0.4, 0.5) is 10.1 Å². The number of aliphatic carboxylic acids is 1. The molecule has 5 heteroatoms. The van der Waals surface area contributed by atoms with Crippen LogP contribution in [0.3, 0.4) is 0 Å². The number of ether oxygens (including phenoxy) is 1. The van der Waals surface area contributed by atoms with Gasteiger partial charge in [-0.3, -0.25) is 4.79 Å². The number of carboxylic acids is 1. The van der Waals surface area contributed by atoms with Crippen LogP contribution in [0.1, 0.15) is 12.8 Å². The van der Waals surface area contributed by atoms with Gasteiger partial charge in [-0.1, -0.05) is 0 Å². The molecule has 0 unspecified atom stereocenters. The lowest BCUT2D eigenvalue weighted by molar-refractivity contribution is -0.142. The third-order valence-corrected chi connectivity index (χ3v) is 3.34. The first-order valence-electron chi connectivity index (χ1n) is 5.93. The largest absolute Gasteiger partial charge is 0.494 e. The predicted molar refractivity (Wildman–Crippen MR) is 65.5 cm³/mol. The number of nitrogens with zero attached hydrogens (tertiary/aromatic N) is 1. The molecule has 1 aliphatic rings. The number of hydrogen-bond acceptors (Lipinski definition) is 3. The summed E-state index contributed by atoms with van der Waals surface area (Å²) < 4.78 is 18.4. The van der Waals surface area contributed by atoms with E-state index in [1.165, 1.54) is 13.2 Å². The summed E-state index contributed by atoms with van der Waals surface area (Å²) in [6.45, 7) is 1.28. The molecule has 0 aliphatic carbocycles. The fraction of sp³-hybridized carbons (Fsp3) is 0.462. The van der Waals surface area contributed by atoms with Crippen molar-refractivity contribution in [2.24, 2.45) is 5.92 Å². The van der Waals surface area contributed by atoms with E-state index in [1.807, 2.05) is 4.90 Å². The average molecular weight is 253 g/mol. The summed E-state index contributed by atoms with van der Waals surface area (Å²) >= 11 is 0. The van der Waals surface area contributed by atoms with Gasteiger partial charge in [0.05, 0.1) is 13.0 Å². The second-order valence-electron chi connectivity index (χ2n) is 4.42. The Labute approximate surface area is 105 Å². The summed E-state index contributed by atoms with van der Waals surface area (Å²) in [5.74, 6) is -1.19. The highest BCUT2D eigenvalue weighted by Crippen LogP contribution is 2.27. The van der Waals surface area contributed by atoms with Crippen molar-refractivity contribution in [3.8, 4) is 5.75 Å². The van der Waals surface area contributed by atoms with Crippen molar-refractivity contribution >= 4 is 11.7 Å². The summed E-state index contributed by atoms with van der Waals surface area (Å²) in [6, 6.07) is 4.82. The second-order valence-corrected chi connectivity index (χ2v) is 4.42. The maximum absolute atomic E-state index is 13.6. The zero-order valence-electron chi connectivity index (χ0n) is 10.2. The third-order valence-electron chi connectivity index (χ3n) is 3.34. The molecular weight excluding hydrogens is 237 g/mol. The standard InChI is InChI=1S/C13H16FNO3/c1-18-12-3-2-10(8-11(12)14)15-6-4-9(5-7-15)13(16)17/h2-3,8-9H,4-7H2,1H3,(H,16,17). The van der Waals surface area contributed by atoms with E-state index < -0.39 is 11.8 Å². The molecule has 0 amide bonds. The fourth-order valence-corrected chi connectivity index (χ4v) is 2.24. The lowest BCUT2D eigenvalue weighted by Crippen LogP contribution is -2.36. The number of methoxy groups -OCH3 is 1. The highest BCUT2D eigenvalue weighted by atomic mass is 19.1. The maximum Gasteiger partial charge on any atom is 0.306 e. The van der Waals surface area contributed by atoms with Crippen LogP contribution in [0.25, 0.3) is 0 Å². The number of carbonyl (C=O) groups is 1. The van der Waals surface area contributed by atoms with Crippen molar-refractivity contribution in [2.45, 2.75) is 12.8 Å². The number of piperidine rings is 1. The zero-order chi connectivity index (χ0) is 13.1. The van der Waals surface area contributed by atoms with Gasteiger partial charge in [-0.25, -0.2) is 4.39 Å². The normalized spacial score (nSPS) is 16.7. The molecule has 0 atom stereocenters. The number of benzene rings is 1. The van der Waals surface area contributed by atoms with Gasteiger partial charge in [0.25, 0.3) is 0 Å². The van der Waals surface area contributed by atoms with E-state index in [9.17, 15) is 9.18 Å². The van der Waals surface area contributed by atoms with E-state index in [2.05, 4.69) is 0 Å². The summed E-state index contributed by atoms with van der Waals surface area (Å²) in [6.07, 6.45) is 1.20. The summed E-state index contributed by atoms with van der Waals surface area (Å²) in [5.41, 5.74) is 0.775. The lowest BCUT2D eigenvalue weighted by Gasteiger charge is -2.32. The molecule has 1 N–H and O–H groups in total. The minimum Gasteiger partial charge on any atom is -0.494 e. The Bertz CT molecular complexity index is 442. The number of rotatable bonds is 3. The smallest absolute Gasteiger partial charge is 0.306 e. The Balaban J connectivity index is 2.05. The molecule has 1 aromatic rings. The third kappa shape index (κ3) is 2.55. The van der Waals surface area contributed by atoms with Crippen LogP contribution in [0, 0.1) is 11.7 Å². The topological polar surface area (TPSA) is 49.8 Å². The molecule has 1 fully saturated rings. The second kappa shape index (κ2) is 5.25. The number of halogens is 1. The molecule has 98 valence electrons. The van der Waals surface area contributed by atoms with Crippen LogP contribution in [-0.2, 0) is 4.79 Å². The van der Waals surface area contributed by atoms with Gasteiger partial charge in [0.1, 0.15) is 0 Å². The summed E-state index contributed by atoms with van der Waals surface area (Å²) in [5, 5.41) is 8.91. The first-order chi connectivity index (χ1) is 8.61. The molecule has 18 heavy (non-hydrogen) atoms. The number of hydrogen-bond donors (Lipinski definition) is 1. The molecule has 4 nitrogen and oxygen atoms in total. The summed E-state index contributed by atoms with van der Waals surface area (Å²) in [7, 11) is 1.43. The molecule has 0 spiro atoms. The Morgan fingerprint density at radius 3 is 2.61 bits per heavy atom. The van der Waals surface area contributed by atoms with Crippen molar-refractivity contribution < 1.29 is 19.0 Å². The molecule has 1 aliphatic heterocycles. The van der Waals surface area contributed by atoms with Crippen molar-refractivity contribution in [1.29, 1.82) is 0 Å². The van der Waals surface area contributed by atoms with Crippen LogP contribution in [0.15, 0.2) is 18.2 Å². The van der Waals surface area contributed by atoms with Crippen molar-refractivity contribution in [1.82, 2.24) is 0 Å². The quantitative estimate of drug-likeness (QED) is 0.896. The zero-order valence-corrected chi connectivity index (χ0v) is 10.2. The number of carboxylic acid groups (broad SMARTS) is 1. The molecule has 1 aromatic carbocycles. The highest BCUT2D eigenvalue weighted by Gasteiger charge is 2.24. The van der Waals surface area contributed by atoms with Crippen molar-refractivity contribution in [3.05, 3.63) is 24.0 Å². The van der Waals surface area contributed by atoms with Crippen molar-refractivity contribution in [2.75, 3.05) is 25.1 Å². The predicted octanol–water partition coefficient (Wildman–Crippen LogP) is 2.14. The SMILES string of the molecule is COc1ccc(N2CCC(C(=O)O)CC2)cc1F. The van der Waals surface area contributed by atoms with E-state index in [-0.39, 0.29) is 11.7 Å². The van der Waals surface area contributed by atoms with Gasteiger partial charge < -0.3 is 14.7 Å². The molecule has 0 bridgehead atoms. The van der Waals surface area contributed by atoms with Gasteiger partial charge in [0.15, 0.2) is 11.6 Å². The monoisotopic (exact) mass is 253 g/mol. The molecule has 1 saturated heterocycles. The van der Waals surface area contributed by atoms with Gasteiger partial charge in [-0.05, 0) is 25.0 Å². The van der Waals surface area contributed by atoms with Crippen LogP contribution in [-0.4, -0.2) is 31.3 Å². The van der Waals surface area contributed by atoms with E-state index in [4.69, 9.17) is 9.84 Å². The molecule has 2 rings (SSSR count). The Morgan fingerprint density at radius 2 is 2.11 bits per heavy atom. The van der Waals surface area contributed by atoms with Crippen LogP contribution >= 0.6 is 0 Å². The molecule has 1 heterocycles. The maximum atomic E-state index is 13.6. The number of anilines is 1. The molecule has 0 aromatic heterocycles. The minimum absolute atomic E-state index is 0.221. The van der Waals surface area contributed by atoms with Crippen molar-refractivity contribution in [3.63, 3.8) is 0 Å². The van der Waals surface area contributed by atoms with Crippen LogP contribution < -0.4 is 9.64 Å². The average Bonchev–Trinajstić information content (AvgIpc) is 2.38. The van der Waals surface area contributed by atoms with Gasteiger partial charge >= 0.3 is 5.97 Å². The Kier molecular flexibility index (Phi) is 3.69. The van der Waals surface area contributed by atoms with Gasteiger partial charge in [0.2, 0.25) is 0 Å². The van der Waals surface area contributed by atoms with E-state index in [1.54, 1.807) is 12.1 Å². The van der Waals surface area contributed by atoms with E-state index >= 15 is 0 Å². The van der Waals surface area contributed by atoms with Crippen LogP contribution in [0.2, 0.25) is 0 Å². The van der Waals surface area contributed by atoms with Gasteiger partial charge in [-0.15, -0.1) is 0 Å². The van der Waals surface area contributed by atoms with Gasteiger partial charge in [-0.2, -0.15) is 0 Å². The first kappa shape index (κ1) is 12.7. The summed E-state index contributed by atoms with van der Waals surface area (Å²) in [4.78, 5) is 12.8. The van der Waals surface area contributed by atoms with Crippen LogP contribution in [0.5, 0.6) is 5.75 Å². The van der Waals surface area contributed by atoms with E-state index in [0.717, 1.165) is 5.69 Å². The Hall–Kier alpha value is -1.78. The molecule has 0 radical (unpaired) electrons.